The van der Waals surface area contributed by atoms with Crippen LogP contribution in [0.25, 0.3) is 21.8 Å². The summed E-state index contributed by atoms with van der Waals surface area (Å²) >= 11 is 0. The number of benzene rings is 1. The average Bonchev–Trinajstić information content (AvgIpc) is 2.67. The summed E-state index contributed by atoms with van der Waals surface area (Å²) in [6.45, 7) is 1.97. The van der Waals surface area contributed by atoms with E-state index >= 15 is 0 Å². The van der Waals surface area contributed by atoms with Gasteiger partial charge < -0.3 is 10.7 Å². The first-order valence-corrected chi connectivity index (χ1v) is 7.07. The van der Waals surface area contributed by atoms with Crippen LogP contribution in [0.15, 0.2) is 47.5 Å². The molecule has 1 amide bonds. The van der Waals surface area contributed by atoms with Crippen LogP contribution in [0.2, 0.25) is 0 Å². The molecule has 0 atom stereocenters. The smallest absolute Gasteiger partial charge is 0.246 e. The Balaban J connectivity index is 2.26. The second-order valence-electron chi connectivity index (χ2n) is 5.07. The zero-order valence-electron chi connectivity index (χ0n) is 11.9. The molecule has 3 aromatic rings. The first kappa shape index (κ1) is 13.4. The van der Waals surface area contributed by atoms with Gasteiger partial charge in [-0.25, -0.2) is 4.99 Å². The van der Waals surface area contributed by atoms with Crippen LogP contribution in [-0.4, -0.2) is 10.9 Å². The van der Waals surface area contributed by atoms with Gasteiger partial charge in [0.15, 0.2) is 0 Å². The third-order valence-electron chi connectivity index (χ3n) is 3.48. The Morgan fingerprint density at radius 3 is 2.76 bits per heavy atom. The van der Waals surface area contributed by atoms with E-state index in [2.05, 4.69) is 9.98 Å². The van der Waals surface area contributed by atoms with Crippen LogP contribution < -0.4 is 11.1 Å². The van der Waals surface area contributed by atoms with E-state index in [9.17, 15) is 4.79 Å². The molecule has 0 radical (unpaired) electrons. The van der Waals surface area contributed by atoms with Crippen molar-refractivity contribution in [3.63, 3.8) is 0 Å². The third kappa shape index (κ3) is 2.52. The lowest BCUT2D eigenvalue weighted by molar-refractivity contribution is -0.118. The average molecular weight is 279 g/mol. The number of amides is 1. The summed E-state index contributed by atoms with van der Waals surface area (Å²) < 4.78 is 0. The van der Waals surface area contributed by atoms with Gasteiger partial charge in [0.2, 0.25) is 5.91 Å². The van der Waals surface area contributed by atoms with Crippen molar-refractivity contribution in [1.82, 2.24) is 4.98 Å². The summed E-state index contributed by atoms with van der Waals surface area (Å²) in [6.07, 6.45) is 1.28. The van der Waals surface area contributed by atoms with E-state index in [1.807, 2.05) is 49.4 Å². The second kappa shape index (κ2) is 5.40. The van der Waals surface area contributed by atoms with Gasteiger partial charge in [-0.2, -0.15) is 0 Å². The SMILES string of the molecule is CCCC(=O)N=c1cccc2c(c1)[nH]c1c(N)cccc12. The predicted molar refractivity (Wildman–Crippen MR) is 85.7 cm³/mol. The Morgan fingerprint density at radius 1 is 1.19 bits per heavy atom. The van der Waals surface area contributed by atoms with Crippen molar-refractivity contribution in [3.05, 3.63) is 47.8 Å². The van der Waals surface area contributed by atoms with Crippen LogP contribution in [0, 0.1) is 0 Å². The summed E-state index contributed by atoms with van der Waals surface area (Å²) in [4.78, 5) is 19.1. The lowest BCUT2D eigenvalue weighted by atomic mass is 10.2. The van der Waals surface area contributed by atoms with Crippen LogP contribution in [-0.2, 0) is 4.79 Å². The van der Waals surface area contributed by atoms with Crippen molar-refractivity contribution >= 4 is 33.4 Å². The van der Waals surface area contributed by atoms with Gasteiger partial charge in [-0.3, -0.25) is 4.79 Å². The number of rotatable bonds is 2. The second-order valence-corrected chi connectivity index (χ2v) is 5.07. The number of hydrogen-bond acceptors (Lipinski definition) is 2. The maximum Gasteiger partial charge on any atom is 0.246 e. The van der Waals surface area contributed by atoms with Crippen LogP contribution in [0.3, 0.4) is 0 Å². The van der Waals surface area contributed by atoms with E-state index < -0.39 is 0 Å². The molecule has 4 nitrogen and oxygen atoms in total. The highest BCUT2D eigenvalue weighted by Crippen LogP contribution is 2.27. The Labute approximate surface area is 122 Å². The fourth-order valence-corrected chi connectivity index (χ4v) is 2.50. The molecule has 0 aliphatic carbocycles. The van der Waals surface area contributed by atoms with Crippen LogP contribution >= 0.6 is 0 Å². The van der Waals surface area contributed by atoms with Gasteiger partial charge >= 0.3 is 0 Å². The first-order chi connectivity index (χ1) is 10.2. The standard InChI is InChI=1S/C17H17N3O/c1-2-5-16(21)19-11-6-3-7-12-13-8-4-9-14(18)17(13)20-15(12)10-11/h3-4,6-10,20H,2,5,18H2,1H3. The van der Waals surface area contributed by atoms with Crippen LogP contribution in [0.4, 0.5) is 5.69 Å². The molecule has 0 unspecified atom stereocenters. The molecule has 1 heterocycles. The Kier molecular flexibility index (Phi) is 3.44. The maximum atomic E-state index is 11.7. The molecular formula is C17H17N3O. The fourth-order valence-electron chi connectivity index (χ4n) is 2.50. The number of fused-ring (bicyclic) bond motifs is 3. The molecule has 0 saturated carbocycles. The molecule has 0 fully saturated rings. The van der Waals surface area contributed by atoms with Gasteiger partial charge in [0.1, 0.15) is 0 Å². The van der Waals surface area contributed by atoms with Crippen molar-refractivity contribution in [3.8, 4) is 0 Å². The number of nitrogens with two attached hydrogens (primary N) is 1. The molecule has 0 bridgehead atoms. The number of anilines is 1. The minimum atomic E-state index is -0.0903. The number of aromatic amines is 1. The monoisotopic (exact) mass is 279 g/mol. The minimum absolute atomic E-state index is 0.0903. The molecule has 0 aliphatic rings. The largest absolute Gasteiger partial charge is 0.397 e. The number of aromatic nitrogens is 1. The first-order valence-electron chi connectivity index (χ1n) is 7.07. The van der Waals surface area contributed by atoms with Crippen LogP contribution in [0.5, 0.6) is 0 Å². The van der Waals surface area contributed by atoms with E-state index in [1.165, 1.54) is 0 Å². The highest BCUT2D eigenvalue weighted by Gasteiger charge is 2.05. The van der Waals surface area contributed by atoms with Crippen molar-refractivity contribution in [2.24, 2.45) is 4.99 Å². The van der Waals surface area contributed by atoms with Crippen molar-refractivity contribution in [2.75, 3.05) is 5.73 Å². The quantitative estimate of drug-likeness (QED) is 0.707. The molecule has 0 aliphatic heterocycles. The normalized spacial score (nSPS) is 12.1. The maximum absolute atomic E-state index is 11.7. The van der Waals surface area contributed by atoms with Gasteiger partial charge in [-0.15, -0.1) is 0 Å². The Hall–Kier alpha value is -2.62. The fraction of sp³-hybridized carbons (Fsp3) is 0.176. The number of nitrogens with one attached hydrogen (secondary N) is 1. The molecule has 0 saturated heterocycles. The molecular weight excluding hydrogens is 262 g/mol. The molecule has 0 spiro atoms. The molecule has 2 aromatic carbocycles. The number of carbonyl (C=O) groups is 1. The Bertz CT molecular complexity index is 893. The number of hydrogen-bond donors (Lipinski definition) is 2. The molecule has 21 heavy (non-hydrogen) atoms. The third-order valence-corrected chi connectivity index (χ3v) is 3.48. The molecule has 4 heteroatoms. The summed E-state index contributed by atoms with van der Waals surface area (Å²) in [5, 5.41) is 2.81. The van der Waals surface area contributed by atoms with E-state index in [-0.39, 0.29) is 5.91 Å². The van der Waals surface area contributed by atoms with Crippen molar-refractivity contribution in [2.45, 2.75) is 19.8 Å². The van der Waals surface area contributed by atoms with Crippen molar-refractivity contribution < 1.29 is 4.79 Å². The number of para-hydroxylation sites is 1. The number of nitrogens with zero attached hydrogens (tertiary/aromatic N) is 1. The van der Waals surface area contributed by atoms with E-state index in [1.54, 1.807) is 0 Å². The number of carbonyl (C=O) groups excluding carboxylic acids is 1. The zero-order valence-corrected chi connectivity index (χ0v) is 11.9. The summed E-state index contributed by atoms with van der Waals surface area (Å²) in [5.74, 6) is -0.0903. The van der Waals surface area contributed by atoms with Gasteiger partial charge in [0.05, 0.1) is 16.6 Å². The van der Waals surface area contributed by atoms with E-state index in [0.717, 1.165) is 28.2 Å². The highest BCUT2D eigenvalue weighted by atomic mass is 16.1. The van der Waals surface area contributed by atoms with Gasteiger partial charge in [-0.1, -0.05) is 31.2 Å². The zero-order chi connectivity index (χ0) is 14.8. The van der Waals surface area contributed by atoms with E-state index in [0.29, 0.717) is 17.5 Å². The summed E-state index contributed by atoms with van der Waals surface area (Å²) in [7, 11) is 0. The van der Waals surface area contributed by atoms with Crippen LogP contribution in [0.1, 0.15) is 19.8 Å². The molecule has 106 valence electrons. The molecule has 3 N–H and O–H groups in total. The topological polar surface area (TPSA) is 71.2 Å². The highest BCUT2D eigenvalue weighted by molar-refractivity contribution is 6.10. The molecule has 3 rings (SSSR count). The van der Waals surface area contributed by atoms with E-state index in [4.69, 9.17) is 5.73 Å². The minimum Gasteiger partial charge on any atom is -0.397 e. The summed E-state index contributed by atoms with van der Waals surface area (Å²) in [6, 6.07) is 13.5. The summed E-state index contributed by atoms with van der Waals surface area (Å²) in [5.41, 5.74) is 8.56. The molecule has 1 aromatic heterocycles. The lowest BCUT2D eigenvalue weighted by Gasteiger charge is -1.93. The van der Waals surface area contributed by atoms with Crippen molar-refractivity contribution in [1.29, 1.82) is 0 Å². The van der Waals surface area contributed by atoms with Gasteiger partial charge in [0.25, 0.3) is 0 Å². The van der Waals surface area contributed by atoms with Gasteiger partial charge in [0, 0.05) is 22.7 Å². The number of nitrogen functional groups attached to an aromatic ring is 1. The predicted octanol–water partition coefficient (Wildman–Crippen LogP) is 3.13. The van der Waals surface area contributed by atoms with Gasteiger partial charge in [-0.05, 0) is 24.6 Å². The lowest BCUT2D eigenvalue weighted by Crippen LogP contribution is -2.03. The Morgan fingerprint density at radius 2 is 1.95 bits per heavy atom. The number of H-pyrrole nitrogens is 1.